The zero-order valence-electron chi connectivity index (χ0n) is 13.8. The molecule has 0 aromatic carbocycles. The third kappa shape index (κ3) is 3.39. The van der Waals surface area contributed by atoms with E-state index in [2.05, 4.69) is 24.2 Å². The molecule has 0 bridgehead atoms. The number of amides is 2. The third-order valence-electron chi connectivity index (χ3n) is 5.12. The molecule has 2 atom stereocenters. The molecule has 0 saturated carbocycles. The lowest BCUT2D eigenvalue weighted by Crippen LogP contribution is -2.64. The lowest BCUT2D eigenvalue weighted by Gasteiger charge is -2.46. The Morgan fingerprint density at radius 3 is 2.33 bits per heavy atom. The van der Waals surface area contributed by atoms with Gasteiger partial charge in [-0.15, -0.1) is 0 Å². The zero-order chi connectivity index (χ0) is 15.6. The molecular weight excluding hydrogens is 266 g/mol. The summed E-state index contributed by atoms with van der Waals surface area (Å²) >= 11 is 0. The number of carbonyl (C=O) groups is 2. The summed E-state index contributed by atoms with van der Waals surface area (Å²) < 4.78 is 0. The molecule has 0 spiro atoms. The molecule has 0 aliphatic carbocycles. The molecule has 2 aliphatic rings. The van der Waals surface area contributed by atoms with Crippen LogP contribution in [0, 0.1) is 5.41 Å². The average Bonchev–Trinajstić information content (AvgIpc) is 2.46. The quantitative estimate of drug-likeness (QED) is 0.849. The number of rotatable bonds is 4. The minimum Gasteiger partial charge on any atom is -0.343 e. The Balaban J connectivity index is 2.13. The van der Waals surface area contributed by atoms with E-state index in [0.717, 1.165) is 25.9 Å². The maximum Gasteiger partial charge on any atom is 0.245 e. The summed E-state index contributed by atoms with van der Waals surface area (Å²) in [5.41, 5.74) is 0.130. The molecule has 120 valence electrons. The first kappa shape index (κ1) is 16.3. The fourth-order valence-corrected chi connectivity index (χ4v) is 3.42. The van der Waals surface area contributed by atoms with Crippen LogP contribution in [0.4, 0.5) is 0 Å². The molecule has 0 radical (unpaired) electrons. The van der Waals surface area contributed by atoms with Gasteiger partial charge in [0.15, 0.2) is 0 Å². The second-order valence-electron chi connectivity index (χ2n) is 6.97. The molecule has 2 aliphatic heterocycles. The van der Waals surface area contributed by atoms with Crippen molar-refractivity contribution in [1.29, 1.82) is 0 Å². The van der Waals surface area contributed by atoms with Gasteiger partial charge in [0, 0.05) is 6.54 Å². The Bertz CT molecular complexity index is 402. The number of piperidine rings is 1. The van der Waals surface area contributed by atoms with Crippen molar-refractivity contribution in [3.05, 3.63) is 0 Å². The lowest BCUT2D eigenvalue weighted by molar-refractivity contribution is -0.151. The largest absolute Gasteiger partial charge is 0.343 e. The van der Waals surface area contributed by atoms with Gasteiger partial charge in [0.1, 0.15) is 12.1 Å². The fraction of sp³-hybridized carbons (Fsp3) is 0.875. The molecule has 2 rings (SSSR count). The lowest BCUT2D eigenvalue weighted by atomic mass is 9.79. The third-order valence-corrected chi connectivity index (χ3v) is 5.12. The highest BCUT2D eigenvalue weighted by atomic mass is 16.2. The van der Waals surface area contributed by atoms with Crippen LogP contribution in [0.1, 0.15) is 46.5 Å². The van der Waals surface area contributed by atoms with Crippen LogP contribution in [0.3, 0.4) is 0 Å². The monoisotopic (exact) mass is 295 g/mol. The molecule has 2 fully saturated rings. The van der Waals surface area contributed by atoms with Crippen LogP contribution < -0.4 is 5.32 Å². The van der Waals surface area contributed by atoms with Gasteiger partial charge >= 0.3 is 0 Å². The Morgan fingerprint density at radius 2 is 1.81 bits per heavy atom. The smallest absolute Gasteiger partial charge is 0.245 e. The molecule has 5 heteroatoms. The van der Waals surface area contributed by atoms with Gasteiger partial charge in [-0.3, -0.25) is 9.59 Å². The van der Waals surface area contributed by atoms with Crippen molar-refractivity contribution in [2.75, 3.05) is 26.7 Å². The first-order valence-electron chi connectivity index (χ1n) is 8.19. The standard InChI is InChI=1S/C16H29N3O2/c1-5-12-15(21)19(13(6-2)14(20)17-12)11-16(3)7-9-18(4)10-8-16/h12-13H,5-11H2,1-4H3,(H,17,20). The minimum atomic E-state index is -0.338. The molecule has 2 heterocycles. The highest BCUT2D eigenvalue weighted by Crippen LogP contribution is 2.33. The van der Waals surface area contributed by atoms with Gasteiger partial charge in [0.2, 0.25) is 11.8 Å². The van der Waals surface area contributed by atoms with Crippen molar-refractivity contribution in [2.45, 2.75) is 58.5 Å². The van der Waals surface area contributed by atoms with Crippen LogP contribution in [0.25, 0.3) is 0 Å². The number of nitrogens with one attached hydrogen (secondary N) is 1. The Morgan fingerprint density at radius 1 is 1.19 bits per heavy atom. The van der Waals surface area contributed by atoms with E-state index in [4.69, 9.17) is 0 Å². The van der Waals surface area contributed by atoms with Crippen LogP contribution in [0.2, 0.25) is 0 Å². The maximum atomic E-state index is 12.7. The Kier molecular flexibility index (Phi) is 4.91. The molecule has 2 amide bonds. The summed E-state index contributed by atoms with van der Waals surface area (Å²) in [6, 6.07) is -0.632. The second-order valence-corrected chi connectivity index (χ2v) is 6.97. The molecule has 2 unspecified atom stereocenters. The van der Waals surface area contributed by atoms with Gasteiger partial charge in [0.05, 0.1) is 0 Å². The van der Waals surface area contributed by atoms with E-state index in [9.17, 15) is 9.59 Å². The highest BCUT2D eigenvalue weighted by Gasteiger charge is 2.42. The number of nitrogens with zero attached hydrogens (tertiary/aromatic N) is 2. The van der Waals surface area contributed by atoms with Gasteiger partial charge < -0.3 is 15.1 Å². The molecule has 21 heavy (non-hydrogen) atoms. The first-order valence-corrected chi connectivity index (χ1v) is 8.19. The molecular formula is C16H29N3O2. The minimum absolute atomic E-state index is 0.0143. The van der Waals surface area contributed by atoms with E-state index >= 15 is 0 Å². The number of carbonyl (C=O) groups excluding carboxylic acids is 2. The van der Waals surface area contributed by atoms with Crippen LogP contribution >= 0.6 is 0 Å². The maximum absolute atomic E-state index is 12.7. The van der Waals surface area contributed by atoms with Crippen LogP contribution in [-0.4, -0.2) is 60.4 Å². The molecule has 1 N–H and O–H groups in total. The summed E-state index contributed by atoms with van der Waals surface area (Å²) in [7, 11) is 2.14. The highest BCUT2D eigenvalue weighted by molar-refractivity contribution is 5.96. The average molecular weight is 295 g/mol. The van der Waals surface area contributed by atoms with Crippen molar-refractivity contribution in [3.63, 3.8) is 0 Å². The van der Waals surface area contributed by atoms with Gasteiger partial charge in [-0.05, 0) is 51.2 Å². The van der Waals surface area contributed by atoms with Crippen LogP contribution in [0.15, 0.2) is 0 Å². The number of likely N-dealkylation sites (tertiary alicyclic amines) is 1. The van der Waals surface area contributed by atoms with E-state index in [1.807, 2.05) is 18.7 Å². The number of hydrogen-bond donors (Lipinski definition) is 1. The summed E-state index contributed by atoms with van der Waals surface area (Å²) in [6.45, 7) is 9.03. The predicted octanol–water partition coefficient (Wildman–Crippen LogP) is 1.23. The van der Waals surface area contributed by atoms with Crippen molar-refractivity contribution in [1.82, 2.24) is 15.1 Å². The van der Waals surface area contributed by atoms with Gasteiger partial charge in [0.25, 0.3) is 0 Å². The van der Waals surface area contributed by atoms with Crippen LogP contribution in [-0.2, 0) is 9.59 Å². The Hall–Kier alpha value is -1.10. The van der Waals surface area contributed by atoms with Gasteiger partial charge in [-0.25, -0.2) is 0 Å². The van der Waals surface area contributed by atoms with E-state index < -0.39 is 0 Å². The van der Waals surface area contributed by atoms with Gasteiger partial charge in [-0.1, -0.05) is 20.8 Å². The van der Waals surface area contributed by atoms with Crippen molar-refractivity contribution in [2.24, 2.45) is 5.41 Å². The van der Waals surface area contributed by atoms with Crippen molar-refractivity contribution >= 4 is 11.8 Å². The Labute approximate surface area is 128 Å². The molecule has 0 aromatic rings. The fourth-order valence-electron chi connectivity index (χ4n) is 3.42. The van der Waals surface area contributed by atoms with E-state index in [-0.39, 0.29) is 29.3 Å². The number of hydrogen-bond acceptors (Lipinski definition) is 3. The summed E-state index contributed by atoms with van der Waals surface area (Å²) in [5.74, 6) is 0.115. The summed E-state index contributed by atoms with van der Waals surface area (Å²) in [5, 5.41) is 2.87. The first-order chi connectivity index (χ1) is 9.90. The molecule has 0 aromatic heterocycles. The van der Waals surface area contributed by atoms with E-state index in [0.29, 0.717) is 19.4 Å². The van der Waals surface area contributed by atoms with Gasteiger partial charge in [-0.2, -0.15) is 0 Å². The summed E-state index contributed by atoms with van der Waals surface area (Å²) in [6.07, 6.45) is 3.52. The second kappa shape index (κ2) is 6.34. The van der Waals surface area contributed by atoms with E-state index in [1.165, 1.54) is 0 Å². The SMILES string of the molecule is CCC1NC(=O)C(CC)N(CC2(C)CCN(C)CC2)C1=O. The molecule has 2 saturated heterocycles. The van der Waals surface area contributed by atoms with Crippen molar-refractivity contribution < 1.29 is 9.59 Å². The number of piperazine rings is 1. The topological polar surface area (TPSA) is 52.7 Å². The van der Waals surface area contributed by atoms with Crippen molar-refractivity contribution in [3.8, 4) is 0 Å². The van der Waals surface area contributed by atoms with E-state index in [1.54, 1.807) is 0 Å². The normalized spacial score (nSPS) is 30.4. The predicted molar refractivity (Wildman–Crippen MR) is 82.9 cm³/mol. The molecule has 5 nitrogen and oxygen atoms in total. The zero-order valence-corrected chi connectivity index (χ0v) is 13.8. The summed E-state index contributed by atoms with van der Waals surface area (Å²) in [4.78, 5) is 29.1. The van der Waals surface area contributed by atoms with Crippen LogP contribution in [0.5, 0.6) is 0 Å².